The Morgan fingerprint density at radius 3 is 2.75 bits per heavy atom. The maximum atomic E-state index is 6.36. The minimum absolute atomic E-state index is 0.732. The van der Waals surface area contributed by atoms with E-state index in [0.717, 1.165) is 46.8 Å². The third kappa shape index (κ3) is 4.75. The van der Waals surface area contributed by atoms with Gasteiger partial charge in [-0.15, -0.1) is 0 Å². The van der Waals surface area contributed by atoms with Crippen molar-refractivity contribution in [2.45, 2.75) is 39.5 Å². The summed E-state index contributed by atoms with van der Waals surface area (Å²) in [6, 6.07) is 6.28. The van der Waals surface area contributed by atoms with E-state index in [0.29, 0.717) is 0 Å². The van der Waals surface area contributed by atoms with E-state index in [-0.39, 0.29) is 0 Å². The van der Waals surface area contributed by atoms with Crippen molar-refractivity contribution in [3.05, 3.63) is 33.3 Å². The average Bonchev–Trinajstić information content (AvgIpc) is 2.80. The monoisotopic (exact) mass is 357 g/mol. The van der Waals surface area contributed by atoms with Crippen molar-refractivity contribution in [3.8, 4) is 0 Å². The molecule has 0 aromatic heterocycles. The molecule has 3 heteroatoms. The second kappa shape index (κ2) is 7.82. The van der Waals surface area contributed by atoms with Crippen LogP contribution in [0.2, 0.25) is 5.02 Å². The smallest absolute Gasteiger partial charge is 0.0449 e. The number of hydrogen-bond donors (Lipinski definition) is 1. The molecule has 0 spiro atoms. The Kier molecular flexibility index (Phi) is 6.38. The van der Waals surface area contributed by atoms with E-state index in [1.807, 2.05) is 6.07 Å². The van der Waals surface area contributed by atoms with E-state index >= 15 is 0 Å². The highest BCUT2D eigenvalue weighted by Gasteiger charge is 2.27. The van der Waals surface area contributed by atoms with E-state index in [9.17, 15) is 0 Å². The molecule has 0 radical (unpaired) electrons. The lowest BCUT2D eigenvalue weighted by Gasteiger charge is -2.21. The molecule has 0 saturated heterocycles. The molecule has 112 valence electrons. The van der Waals surface area contributed by atoms with Gasteiger partial charge in [0.25, 0.3) is 0 Å². The Balaban J connectivity index is 1.90. The lowest BCUT2D eigenvalue weighted by molar-refractivity contribution is 0.357. The molecule has 1 fully saturated rings. The third-order valence-corrected chi connectivity index (χ3v) is 5.12. The molecule has 1 aromatic carbocycles. The van der Waals surface area contributed by atoms with E-state index in [4.69, 9.17) is 11.6 Å². The van der Waals surface area contributed by atoms with Crippen LogP contribution in [0.15, 0.2) is 22.7 Å². The van der Waals surface area contributed by atoms with Crippen LogP contribution in [0, 0.1) is 17.8 Å². The SMILES string of the molecule is CC(C)CNCC1CCCC1Cc1ccc(Br)cc1Cl. The van der Waals surface area contributed by atoms with Gasteiger partial charge in [0.2, 0.25) is 0 Å². The normalized spacial score (nSPS) is 22.6. The highest BCUT2D eigenvalue weighted by Crippen LogP contribution is 2.35. The maximum absolute atomic E-state index is 6.36. The van der Waals surface area contributed by atoms with Crippen LogP contribution < -0.4 is 5.32 Å². The quantitative estimate of drug-likeness (QED) is 0.727. The van der Waals surface area contributed by atoms with Crippen molar-refractivity contribution >= 4 is 27.5 Å². The molecule has 1 aromatic rings. The summed E-state index contributed by atoms with van der Waals surface area (Å²) in [7, 11) is 0. The molecular weight excluding hydrogens is 334 g/mol. The van der Waals surface area contributed by atoms with Gasteiger partial charge in [-0.25, -0.2) is 0 Å². The van der Waals surface area contributed by atoms with Gasteiger partial charge in [0.15, 0.2) is 0 Å². The number of rotatable bonds is 6. The fourth-order valence-corrected chi connectivity index (χ4v) is 3.93. The van der Waals surface area contributed by atoms with Gasteiger partial charge in [0.1, 0.15) is 0 Å². The Morgan fingerprint density at radius 2 is 2.05 bits per heavy atom. The molecule has 1 nitrogen and oxygen atoms in total. The van der Waals surface area contributed by atoms with Crippen LogP contribution in [-0.4, -0.2) is 13.1 Å². The molecule has 1 N–H and O–H groups in total. The molecule has 2 rings (SSSR count). The molecule has 20 heavy (non-hydrogen) atoms. The molecule has 1 saturated carbocycles. The summed E-state index contributed by atoms with van der Waals surface area (Å²) in [5.41, 5.74) is 1.30. The van der Waals surface area contributed by atoms with Gasteiger partial charge >= 0.3 is 0 Å². The summed E-state index contributed by atoms with van der Waals surface area (Å²) in [6.45, 7) is 6.82. The van der Waals surface area contributed by atoms with Crippen molar-refractivity contribution in [1.29, 1.82) is 0 Å². The minimum atomic E-state index is 0.732. The first-order chi connectivity index (χ1) is 9.56. The zero-order chi connectivity index (χ0) is 14.5. The minimum Gasteiger partial charge on any atom is -0.316 e. The Bertz CT molecular complexity index is 433. The lowest BCUT2D eigenvalue weighted by Crippen LogP contribution is -2.29. The molecule has 0 heterocycles. The van der Waals surface area contributed by atoms with E-state index in [2.05, 4.69) is 47.2 Å². The summed E-state index contributed by atoms with van der Waals surface area (Å²) in [5.74, 6) is 2.33. The van der Waals surface area contributed by atoms with Crippen molar-refractivity contribution in [2.75, 3.05) is 13.1 Å². The van der Waals surface area contributed by atoms with Gasteiger partial charge in [-0.2, -0.15) is 0 Å². The van der Waals surface area contributed by atoms with E-state index in [1.54, 1.807) is 0 Å². The van der Waals surface area contributed by atoms with Gasteiger partial charge < -0.3 is 5.32 Å². The van der Waals surface area contributed by atoms with E-state index < -0.39 is 0 Å². The summed E-state index contributed by atoms with van der Waals surface area (Å²) in [5, 5.41) is 4.53. The van der Waals surface area contributed by atoms with Crippen LogP contribution in [-0.2, 0) is 6.42 Å². The Hall–Kier alpha value is -0.0500. The molecule has 0 aliphatic heterocycles. The van der Waals surface area contributed by atoms with Gasteiger partial charge in [-0.1, -0.05) is 53.9 Å². The van der Waals surface area contributed by atoms with Gasteiger partial charge in [-0.3, -0.25) is 0 Å². The van der Waals surface area contributed by atoms with Crippen LogP contribution in [0.3, 0.4) is 0 Å². The van der Waals surface area contributed by atoms with Crippen LogP contribution in [0.5, 0.6) is 0 Å². The van der Waals surface area contributed by atoms with Gasteiger partial charge in [-0.05, 0) is 67.8 Å². The van der Waals surface area contributed by atoms with E-state index in [1.165, 1.54) is 24.8 Å². The average molecular weight is 359 g/mol. The highest BCUT2D eigenvalue weighted by molar-refractivity contribution is 9.10. The van der Waals surface area contributed by atoms with Crippen LogP contribution in [0.25, 0.3) is 0 Å². The number of hydrogen-bond acceptors (Lipinski definition) is 1. The van der Waals surface area contributed by atoms with Crippen molar-refractivity contribution in [3.63, 3.8) is 0 Å². The standard InChI is InChI=1S/C17H25BrClN/c1-12(2)10-20-11-15-5-3-4-13(15)8-14-6-7-16(18)9-17(14)19/h6-7,9,12-13,15,20H,3-5,8,10-11H2,1-2H3. The van der Waals surface area contributed by atoms with Crippen molar-refractivity contribution < 1.29 is 0 Å². The number of nitrogens with one attached hydrogen (secondary N) is 1. The summed E-state index contributed by atoms with van der Waals surface area (Å²) < 4.78 is 1.06. The summed E-state index contributed by atoms with van der Waals surface area (Å²) >= 11 is 9.83. The first-order valence-electron chi connectivity index (χ1n) is 7.71. The van der Waals surface area contributed by atoms with Gasteiger partial charge in [0, 0.05) is 9.50 Å². The predicted molar refractivity (Wildman–Crippen MR) is 91.4 cm³/mol. The topological polar surface area (TPSA) is 12.0 Å². The summed E-state index contributed by atoms with van der Waals surface area (Å²) in [4.78, 5) is 0. The van der Waals surface area contributed by atoms with Crippen LogP contribution in [0.4, 0.5) is 0 Å². The van der Waals surface area contributed by atoms with Crippen molar-refractivity contribution in [1.82, 2.24) is 5.32 Å². The molecule has 0 amide bonds. The lowest BCUT2D eigenvalue weighted by atomic mass is 9.89. The highest BCUT2D eigenvalue weighted by atomic mass is 79.9. The van der Waals surface area contributed by atoms with Crippen LogP contribution >= 0.6 is 27.5 Å². The van der Waals surface area contributed by atoms with Crippen LogP contribution in [0.1, 0.15) is 38.7 Å². The first kappa shape index (κ1) is 16.3. The third-order valence-electron chi connectivity index (χ3n) is 4.27. The zero-order valence-electron chi connectivity index (χ0n) is 12.5. The molecule has 1 aliphatic rings. The molecule has 0 bridgehead atoms. The maximum Gasteiger partial charge on any atom is 0.0449 e. The number of benzene rings is 1. The first-order valence-corrected chi connectivity index (χ1v) is 8.88. The zero-order valence-corrected chi connectivity index (χ0v) is 14.8. The Labute approximate surface area is 136 Å². The predicted octanol–water partition coefficient (Wildman–Crippen LogP) is 5.31. The fourth-order valence-electron chi connectivity index (χ4n) is 3.18. The fraction of sp³-hybridized carbons (Fsp3) is 0.647. The molecular formula is C17H25BrClN. The largest absolute Gasteiger partial charge is 0.316 e. The molecule has 2 atom stereocenters. The second-order valence-electron chi connectivity index (χ2n) is 6.44. The molecule has 2 unspecified atom stereocenters. The van der Waals surface area contributed by atoms with Gasteiger partial charge in [0.05, 0.1) is 0 Å². The number of halogens is 2. The summed E-state index contributed by atoms with van der Waals surface area (Å²) in [6.07, 6.45) is 5.21. The van der Waals surface area contributed by atoms with Crippen molar-refractivity contribution in [2.24, 2.45) is 17.8 Å². The second-order valence-corrected chi connectivity index (χ2v) is 7.77. The Morgan fingerprint density at radius 1 is 1.30 bits per heavy atom. The molecule has 1 aliphatic carbocycles.